The largest absolute Gasteiger partial charge is 0.380 e. The number of fused-ring (bicyclic) bond motifs is 3. The molecule has 0 radical (unpaired) electrons. The van der Waals surface area contributed by atoms with Gasteiger partial charge >= 0.3 is 5.69 Å². The number of aromatic nitrogens is 4. The Hall–Kier alpha value is -2.42. The molecule has 0 N–H and O–H groups in total. The predicted octanol–water partition coefficient (Wildman–Crippen LogP) is 0.539. The van der Waals surface area contributed by atoms with Crippen LogP contribution in [-0.2, 0) is 24.9 Å². The summed E-state index contributed by atoms with van der Waals surface area (Å²) in [5.41, 5.74) is 1.08. The van der Waals surface area contributed by atoms with E-state index in [1.807, 2.05) is 25.3 Å². The molecule has 0 amide bonds. The molecular weight excluding hydrogens is 324 g/mol. The molecule has 0 aliphatic carbocycles. The summed E-state index contributed by atoms with van der Waals surface area (Å²) in [7, 11) is 1.65. The van der Waals surface area contributed by atoms with Gasteiger partial charge in [0.15, 0.2) is 11.2 Å². The van der Waals surface area contributed by atoms with Crippen LogP contribution in [0.5, 0.6) is 0 Å². The van der Waals surface area contributed by atoms with Crippen LogP contribution >= 0.6 is 0 Å². The summed E-state index contributed by atoms with van der Waals surface area (Å²) in [6, 6.07) is 0. The zero-order valence-corrected chi connectivity index (χ0v) is 15.2. The molecule has 3 rings (SSSR count). The fourth-order valence-corrected chi connectivity index (χ4v) is 3.08. The molecule has 136 valence electrons. The summed E-state index contributed by atoms with van der Waals surface area (Å²) in [5, 5.41) is 6.26. The van der Waals surface area contributed by atoms with Crippen molar-refractivity contribution in [3.8, 4) is 0 Å². The topological polar surface area (TPSA) is 86.7 Å². The van der Waals surface area contributed by atoms with Gasteiger partial charge in [0.25, 0.3) is 5.56 Å². The van der Waals surface area contributed by atoms with Crippen molar-refractivity contribution in [1.29, 1.82) is 0 Å². The lowest BCUT2D eigenvalue weighted by molar-refractivity contribution is 0.153. The van der Waals surface area contributed by atoms with Crippen LogP contribution in [0.1, 0.15) is 27.2 Å². The lowest BCUT2D eigenvalue weighted by Crippen LogP contribution is -2.40. The van der Waals surface area contributed by atoms with Crippen LogP contribution in [0.2, 0.25) is 0 Å². The average Bonchev–Trinajstić information content (AvgIpc) is 2.96. The fourth-order valence-electron chi connectivity index (χ4n) is 3.08. The second kappa shape index (κ2) is 6.83. The Morgan fingerprint density at radius 1 is 1.20 bits per heavy atom. The average molecular weight is 348 g/mol. The summed E-state index contributed by atoms with van der Waals surface area (Å²) in [6.07, 6.45) is 0.711. The molecule has 25 heavy (non-hydrogen) atoms. The quantitative estimate of drug-likeness (QED) is 0.711. The number of hydrazone groups is 1. The van der Waals surface area contributed by atoms with Crippen molar-refractivity contribution in [2.75, 3.05) is 24.8 Å². The van der Waals surface area contributed by atoms with E-state index < -0.39 is 0 Å². The molecule has 0 saturated carbocycles. The molecule has 0 unspecified atom stereocenters. The molecule has 1 aliphatic heterocycles. The van der Waals surface area contributed by atoms with Crippen molar-refractivity contribution in [2.45, 2.75) is 40.3 Å². The number of hydrogen-bond donors (Lipinski definition) is 0. The van der Waals surface area contributed by atoms with Crippen LogP contribution in [0.3, 0.4) is 0 Å². The van der Waals surface area contributed by atoms with Gasteiger partial charge in [-0.15, -0.1) is 0 Å². The number of anilines is 1. The second-order valence-electron chi connectivity index (χ2n) is 6.12. The first-order valence-corrected chi connectivity index (χ1v) is 8.59. The second-order valence-corrected chi connectivity index (χ2v) is 6.12. The maximum Gasteiger partial charge on any atom is 0.332 e. The Balaban J connectivity index is 2.20. The highest BCUT2D eigenvalue weighted by atomic mass is 16.5. The summed E-state index contributed by atoms with van der Waals surface area (Å²) < 4.78 is 9.97. The Kier molecular flexibility index (Phi) is 4.76. The third-order valence-electron chi connectivity index (χ3n) is 4.22. The van der Waals surface area contributed by atoms with E-state index in [4.69, 9.17) is 4.74 Å². The van der Waals surface area contributed by atoms with Gasteiger partial charge < -0.3 is 4.74 Å². The van der Waals surface area contributed by atoms with Crippen LogP contribution in [0.4, 0.5) is 5.95 Å². The van der Waals surface area contributed by atoms with Crippen molar-refractivity contribution in [2.24, 2.45) is 12.1 Å². The molecule has 2 aromatic rings. The molecule has 1 aliphatic rings. The van der Waals surface area contributed by atoms with Gasteiger partial charge in [0.1, 0.15) is 0 Å². The highest BCUT2D eigenvalue weighted by Crippen LogP contribution is 2.23. The van der Waals surface area contributed by atoms with Crippen molar-refractivity contribution in [3.63, 3.8) is 0 Å². The number of nitrogens with zero attached hydrogens (tertiary/aromatic N) is 6. The molecule has 3 heterocycles. The smallest absolute Gasteiger partial charge is 0.332 e. The lowest BCUT2D eigenvalue weighted by atomic mass is 10.3. The molecule has 0 saturated heterocycles. The van der Waals surface area contributed by atoms with Crippen molar-refractivity contribution in [3.05, 3.63) is 20.8 Å². The summed E-state index contributed by atoms with van der Waals surface area (Å²) in [6.45, 7) is 8.33. The molecule has 0 bridgehead atoms. The van der Waals surface area contributed by atoms with E-state index in [2.05, 4.69) is 10.1 Å². The van der Waals surface area contributed by atoms with E-state index in [1.54, 1.807) is 12.1 Å². The normalized spacial score (nSPS) is 14.1. The van der Waals surface area contributed by atoms with Crippen molar-refractivity contribution in [1.82, 2.24) is 18.7 Å². The maximum atomic E-state index is 12.9. The van der Waals surface area contributed by atoms with E-state index in [0.29, 0.717) is 56.4 Å². The lowest BCUT2D eigenvalue weighted by Gasteiger charge is -2.24. The van der Waals surface area contributed by atoms with Gasteiger partial charge in [0.05, 0.1) is 25.4 Å². The van der Waals surface area contributed by atoms with Crippen LogP contribution in [-0.4, -0.2) is 44.2 Å². The van der Waals surface area contributed by atoms with Gasteiger partial charge in [-0.3, -0.25) is 18.5 Å². The molecule has 0 fully saturated rings. The minimum absolute atomic E-state index is 0.293. The molecule has 0 aromatic carbocycles. The van der Waals surface area contributed by atoms with E-state index in [-0.39, 0.29) is 11.2 Å². The minimum atomic E-state index is -0.340. The van der Waals surface area contributed by atoms with Gasteiger partial charge in [0.2, 0.25) is 5.95 Å². The molecule has 2 aromatic heterocycles. The first-order valence-electron chi connectivity index (χ1n) is 8.59. The Bertz CT molecular complexity index is 936. The maximum absolute atomic E-state index is 12.9. The highest BCUT2D eigenvalue weighted by Gasteiger charge is 2.26. The van der Waals surface area contributed by atoms with E-state index in [0.717, 1.165) is 5.71 Å². The van der Waals surface area contributed by atoms with Gasteiger partial charge in [-0.2, -0.15) is 10.1 Å². The first kappa shape index (κ1) is 17.4. The van der Waals surface area contributed by atoms with Crippen molar-refractivity contribution >= 4 is 22.8 Å². The van der Waals surface area contributed by atoms with Gasteiger partial charge in [-0.1, -0.05) is 6.92 Å². The first-order chi connectivity index (χ1) is 12.0. The minimum Gasteiger partial charge on any atom is -0.380 e. The van der Waals surface area contributed by atoms with E-state index in [1.165, 1.54) is 9.13 Å². The molecule has 0 atom stereocenters. The summed E-state index contributed by atoms with van der Waals surface area (Å²) in [4.78, 5) is 29.9. The fraction of sp³-hybridized carbons (Fsp3) is 0.625. The highest BCUT2D eigenvalue weighted by molar-refractivity contribution is 5.87. The van der Waals surface area contributed by atoms with Gasteiger partial charge in [-0.25, -0.2) is 9.80 Å². The third-order valence-corrected chi connectivity index (χ3v) is 4.22. The number of aryl methyl sites for hydroxylation is 1. The van der Waals surface area contributed by atoms with Crippen LogP contribution < -0.4 is 16.3 Å². The molecule has 0 spiro atoms. The Morgan fingerprint density at radius 3 is 2.64 bits per heavy atom. The van der Waals surface area contributed by atoms with Crippen LogP contribution in [0, 0.1) is 0 Å². The van der Waals surface area contributed by atoms with Crippen molar-refractivity contribution < 1.29 is 4.74 Å². The summed E-state index contributed by atoms with van der Waals surface area (Å²) >= 11 is 0. The van der Waals surface area contributed by atoms with Crippen LogP contribution in [0.15, 0.2) is 14.7 Å². The number of ether oxygens (including phenoxy) is 1. The van der Waals surface area contributed by atoms with Gasteiger partial charge in [-0.05, 0) is 20.3 Å². The molecular formula is C16H24N6O3. The number of hydrogen-bond acceptors (Lipinski definition) is 6. The molecule has 9 nitrogen and oxygen atoms in total. The standard InChI is InChI=1S/C16H24N6O3/c1-5-7-20-14(23)12-13(19(4)16(20)24)17-15-21(12)10-11(3)18-22(15)8-9-25-6-2/h5-10H2,1-4H3. The van der Waals surface area contributed by atoms with Crippen LogP contribution in [0.25, 0.3) is 11.2 Å². The van der Waals surface area contributed by atoms with Gasteiger partial charge in [0, 0.05) is 20.2 Å². The predicted molar refractivity (Wildman–Crippen MR) is 96.5 cm³/mol. The SMILES string of the molecule is CCCn1c(=O)c2c(nc3n2CC(C)=NN3CCOCC)n(C)c1=O. The van der Waals surface area contributed by atoms with E-state index in [9.17, 15) is 9.59 Å². The zero-order valence-electron chi connectivity index (χ0n) is 15.2. The Labute approximate surface area is 145 Å². The van der Waals surface area contributed by atoms with E-state index >= 15 is 0 Å². The number of rotatable bonds is 6. The monoisotopic (exact) mass is 348 g/mol. The summed E-state index contributed by atoms with van der Waals surface area (Å²) in [5.74, 6) is 0.571. The third kappa shape index (κ3) is 2.88. The molecule has 9 heteroatoms. The number of imidazole rings is 1. The zero-order chi connectivity index (χ0) is 18.1. The Morgan fingerprint density at radius 2 is 1.96 bits per heavy atom.